The Labute approximate surface area is 313 Å². The van der Waals surface area contributed by atoms with Crippen molar-refractivity contribution in [3.63, 3.8) is 0 Å². The molecule has 0 spiro atoms. The summed E-state index contributed by atoms with van der Waals surface area (Å²) in [4.78, 5) is 30.0. The summed E-state index contributed by atoms with van der Waals surface area (Å²) >= 11 is 0. The zero-order valence-electron chi connectivity index (χ0n) is 30.6. The lowest BCUT2D eigenvalue weighted by molar-refractivity contribution is -0.126. The maximum atomic E-state index is 13.1. The summed E-state index contributed by atoms with van der Waals surface area (Å²) in [6.07, 6.45) is 9.19. The van der Waals surface area contributed by atoms with Gasteiger partial charge in [-0.25, -0.2) is 0 Å². The van der Waals surface area contributed by atoms with Gasteiger partial charge in [0, 0.05) is 36.8 Å². The number of amides is 2. The highest BCUT2D eigenvalue weighted by Crippen LogP contribution is 2.47. The molecule has 53 heavy (non-hydrogen) atoms. The van der Waals surface area contributed by atoms with Crippen molar-refractivity contribution in [2.75, 3.05) is 26.2 Å². The maximum absolute atomic E-state index is 13.1. The minimum atomic E-state index is -0.417. The van der Waals surface area contributed by atoms with Crippen molar-refractivity contribution >= 4 is 11.8 Å². The SMILES string of the molecule is C=C1CC[C@H](N2Cc3cc(CCC[C@@H]4CCCN(CCOc5ccc([C@@H]6c7ccc(O)cc7CC[C@@H]6c6ccccc6)cc5)C4)ccc3C2=O)C(=O)N1. The number of aryl methyl sites for hydroxylation is 2. The van der Waals surface area contributed by atoms with Gasteiger partial charge in [0.05, 0.1) is 0 Å². The second kappa shape index (κ2) is 15.6. The number of nitrogens with zero attached hydrogens (tertiary/aromatic N) is 2. The summed E-state index contributed by atoms with van der Waals surface area (Å²) in [6.45, 7) is 8.21. The number of rotatable bonds is 11. The minimum Gasteiger partial charge on any atom is -0.508 e. The van der Waals surface area contributed by atoms with Crippen LogP contribution < -0.4 is 10.1 Å². The van der Waals surface area contributed by atoms with Crippen LogP contribution in [0.25, 0.3) is 0 Å². The Bertz CT molecular complexity index is 1960. The van der Waals surface area contributed by atoms with Gasteiger partial charge in [-0.05, 0) is 140 Å². The smallest absolute Gasteiger partial charge is 0.255 e. The van der Waals surface area contributed by atoms with Crippen LogP contribution in [-0.4, -0.2) is 59.0 Å². The molecule has 2 saturated heterocycles. The Morgan fingerprint density at radius 2 is 1.72 bits per heavy atom. The number of fused-ring (bicyclic) bond motifs is 2. The fourth-order valence-corrected chi connectivity index (χ4v) is 9.39. The largest absolute Gasteiger partial charge is 0.508 e. The van der Waals surface area contributed by atoms with Crippen molar-refractivity contribution in [3.05, 3.63) is 142 Å². The van der Waals surface area contributed by atoms with E-state index in [0.717, 1.165) is 67.9 Å². The van der Waals surface area contributed by atoms with E-state index < -0.39 is 6.04 Å². The number of phenolic OH excluding ortho intramolecular Hbond substituents is 1. The number of carbonyl (C=O) groups is 2. The molecule has 0 aromatic heterocycles. The van der Waals surface area contributed by atoms with Gasteiger partial charge >= 0.3 is 0 Å². The van der Waals surface area contributed by atoms with Crippen LogP contribution in [0.15, 0.2) is 103 Å². The third-order valence-corrected chi connectivity index (χ3v) is 12.1. The molecule has 2 amide bonds. The molecule has 1 aliphatic carbocycles. The van der Waals surface area contributed by atoms with E-state index in [1.807, 2.05) is 18.2 Å². The number of benzene rings is 4. The third-order valence-electron chi connectivity index (χ3n) is 12.1. The number of hydrogen-bond donors (Lipinski definition) is 2. The number of allylic oxidation sites excluding steroid dienone is 1. The van der Waals surface area contributed by atoms with Crippen LogP contribution in [0.5, 0.6) is 11.5 Å². The van der Waals surface area contributed by atoms with Crippen molar-refractivity contribution < 1.29 is 19.4 Å². The zero-order valence-corrected chi connectivity index (χ0v) is 30.6. The van der Waals surface area contributed by atoms with Gasteiger partial charge in [-0.1, -0.05) is 67.2 Å². The van der Waals surface area contributed by atoms with Crippen LogP contribution in [0.2, 0.25) is 0 Å². The van der Waals surface area contributed by atoms with Crippen LogP contribution >= 0.6 is 0 Å². The number of ether oxygens (including phenoxy) is 1. The molecule has 7 nitrogen and oxygen atoms in total. The first-order valence-corrected chi connectivity index (χ1v) is 19.6. The molecule has 4 atom stereocenters. The summed E-state index contributed by atoms with van der Waals surface area (Å²) < 4.78 is 6.29. The van der Waals surface area contributed by atoms with Crippen molar-refractivity contribution in [3.8, 4) is 11.5 Å². The molecule has 4 aromatic carbocycles. The molecule has 7 heteroatoms. The predicted octanol–water partition coefficient (Wildman–Crippen LogP) is 8.12. The summed E-state index contributed by atoms with van der Waals surface area (Å²) in [5, 5.41) is 13.0. The Hall–Kier alpha value is -4.88. The molecule has 3 heterocycles. The summed E-state index contributed by atoms with van der Waals surface area (Å²) in [5.41, 5.74) is 8.99. The highest BCUT2D eigenvalue weighted by atomic mass is 16.5. The lowest BCUT2D eigenvalue weighted by Gasteiger charge is -2.35. The van der Waals surface area contributed by atoms with Gasteiger partial charge in [0.1, 0.15) is 24.1 Å². The van der Waals surface area contributed by atoms with Crippen LogP contribution in [0.1, 0.15) is 101 Å². The number of nitrogens with one attached hydrogen (secondary N) is 1. The molecule has 4 aromatic rings. The van der Waals surface area contributed by atoms with Crippen LogP contribution in [0.3, 0.4) is 0 Å². The first kappa shape index (κ1) is 35.2. The molecular weight excluding hydrogens is 659 g/mol. The van der Waals surface area contributed by atoms with Crippen LogP contribution in [-0.2, 0) is 24.2 Å². The van der Waals surface area contributed by atoms with Crippen molar-refractivity contribution in [2.45, 2.75) is 82.2 Å². The number of aromatic hydroxyl groups is 1. The Kier molecular flexibility index (Phi) is 10.4. The highest BCUT2D eigenvalue weighted by Gasteiger charge is 2.38. The number of carbonyl (C=O) groups excluding carboxylic acids is 2. The molecule has 3 aliphatic heterocycles. The maximum Gasteiger partial charge on any atom is 0.255 e. The van der Waals surface area contributed by atoms with Gasteiger partial charge in [0.2, 0.25) is 5.91 Å². The first-order valence-electron chi connectivity index (χ1n) is 19.6. The van der Waals surface area contributed by atoms with Gasteiger partial charge in [0.15, 0.2) is 0 Å². The van der Waals surface area contributed by atoms with Crippen LogP contribution in [0, 0.1) is 5.92 Å². The lowest BCUT2D eigenvalue weighted by Crippen LogP contribution is -2.49. The van der Waals surface area contributed by atoms with E-state index in [1.165, 1.54) is 47.1 Å². The molecule has 2 N–H and O–H groups in total. The molecule has 0 bridgehead atoms. The van der Waals surface area contributed by atoms with Gasteiger partial charge in [-0.2, -0.15) is 0 Å². The normalized spacial score (nSPS) is 23.0. The third kappa shape index (κ3) is 7.77. The van der Waals surface area contributed by atoms with E-state index in [4.69, 9.17) is 4.74 Å². The molecule has 8 rings (SSSR count). The Balaban J connectivity index is 0.811. The highest BCUT2D eigenvalue weighted by molar-refractivity contribution is 6.01. The number of phenols is 1. The molecule has 274 valence electrons. The predicted molar refractivity (Wildman–Crippen MR) is 208 cm³/mol. The van der Waals surface area contributed by atoms with E-state index >= 15 is 0 Å². The second-order valence-electron chi connectivity index (χ2n) is 15.6. The average Bonchev–Trinajstić information content (AvgIpc) is 3.50. The summed E-state index contributed by atoms with van der Waals surface area (Å²) in [7, 11) is 0. The van der Waals surface area contributed by atoms with Gasteiger partial charge < -0.3 is 20.1 Å². The number of hydrogen-bond acceptors (Lipinski definition) is 5. The summed E-state index contributed by atoms with van der Waals surface area (Å²) in [5.74, 6) is 2.40. The Morgan fingerprint density at radius 3 is 2.55 bits per heavy atom. The second-order valence-corrected chi connectivity index (χ2v) is 15.6. The summed E-state index contributed by atoms with van der Waals surface area (Å²) in [6, 6.07) is 31.3. The topological polar surface area (TPSA) is 82.1 Å². The van der Waals surface area contributed by atoms with E-state index in [1.54, 1.807) is 4.90 Å². The fraction of sp³-hybridized carbons (Fsp3) is 0.391. The zero-order chi connectivity index (χ0) is 36.3. The van der Waals surface area contributed by atoms with Crippen molar-refractivity contribution in [1.82, 2.24) is 15.1 Å². The fourth-order valence-electron chi connectivity index (χ4n) is 9.39. The van der Waals surface area contributed by atoms with Gasteiger partial charge in [-0.3, -0.25) is 14.5 Å². The molecule has 4 aliphatic rings. The monoisotopic (exact) mass is 709 g/mol. The first-order chi connectivity index (χ1) is 25.9. The van der Waals surface area contributed by atoms with E-state index in [9.17, 15) is 14.7 Å². The number of piperidine rings is 2. The van der Waals surface area contributed by atoms with Gasteiger partial charge in [-0.15, -0.1) is 0 Å². The lowest BCUT2D eigenvalue weighted by atomic mass is 9.69. The van der Waals surface area contributed by atoms with E-state index in [2.05, 4.69) is 89.6 Å². The quantitative estimate of drug-likeness (QED) is 0.165. The standard InChI is InChI=1S/C46H51N3O4/c1-31-12-23-43(45(51)47-31)49-30-37-27-32(13-20-42(37)46(49)52)7-5-8-33-9-6-24-48(29-33)25-26-53-39-18-14-35(15-19-39)44-40(34-10-3-2-4-11-34)21-16-36-28-38(50)17-22-41(36)44/h2-4,10-11,13-15,17-20,22,27-28,33,40,43-44,50H,1,5-9,12,16,21,23-26,29-30H2,(H,47,51)/t33-,40-,43+,44+/m1/s1. The van der Waals surface area contributed by atoms with Crippen LogP contribution in [0.4, 0.5) is 0 Å². The molecular formula is C46H51N3O4. The molecule has 2 fully saturated rings. The van der Waals surface area contributed by atoms with Crippen molar-refractivity contribution in [2.24, 2.45) is 5.92 Å². The Morgan fingerprint density at radius 1 is 0.868 bits per heavy atom. The number of likely N-dealkylation sites (tertiary alicyclic amines) is 1. The molecule has 0 unspecified atom stereocenters. The molecule has 0 saturated carbocycles. The average molecular weight is 710 g/mol. The minimum absolute atomic E-state index is 0.0346. The van der Waals surface area contributed by atoms with E-state index in [-0.39, 0.29) is 17.7 Å². The van der Waals surface area contributed by atoms with Gasteiger partial charge in [0.25, 0.3) is 5.91 Å². The van der Waals surface area contributed by atoms with Crippen molar-refractivity contribution in [1.29, 1.82) is 0 Å². The van der Waals surface area contributed by atoms with E-state index in [0.29, 0.717) is 43.6 Å². The molecule has 0 radical (unpaired) electrons.